The standard InChI is InChI=1S/C33H34N2O9/c1-21-15-17-23(18-16-21)26(20-35(40)41)33(32(39)44-4)25(22-11-7-5-8-12-22)19-34(31(33)38)28(24-13-9-6-10-14-24)27(29(36)42-2)30(37)43-3/h5-18,25-28H,19-20H2,1-4H3. The number of methoxy groups -OCH3 is 3. The summed E-state index contributed by atoms with van der Waals surface area (Å²) in [5.74, 6) is -7.58. The van der Waals surface area contributed by atoms with Crippen LogP contribution >= 0.6 is 0 Å². The summed E-state index contributed by atoms with van der Waals surface area (Å²) in [7, 11) is 3.35. The Bertz CT molecular complexity index is 1500. The SMILES string of the molecule is COC(=O)C(C(=O)OC)C(c1ccccc1)N1CC(c2ccccc2)C(C(=O)OC)(C(C[N+](=O)[O-])c2ccc(C)cc2)C1=O. The Hall–Kier alpha value is -5.06. The highest BCUT2D eigenvalue weighted by Crippen LogP contribution is 2.56. The van der Waals surface area contributed by atoms with E-state index in [0.717, 1.165) is 26.9 Å². The van der Waals surface area contributed by atoms with Gasteiger partial charge in [0.2, 0.25) is 12.5 Å². The minimum Gasteiger partial charge on any atom is -0.468 e. The third-order valence-electron chi connectivity index (χ3n) is 8.33. The van der Waals surface area contributed by atoms with Crippen molar-refractivity contribution in [3.8, 4) is 0 Å². The number of carbonyl (C=O) groups is 4. The minimum atomic E-state index is -2.15. The number of rotatable bonds is 11. The van der Waals surface area contributed by atoms with Gasteiger partial charge in [0, 0.05) is 17.4 Å². The Morgan fingerprint density at radius 1 is 0.864 bits per heavy atom. The number of esters is 3. The molecule has 0 N–H and O–H groups in total. The van der Waals surface area contributed by atoms with E-state index in [1.165, 1.54) is 4.90 Å². The average molecular weight is 603 g/mol. The molecule has 3 aromatic carbocycles. The van der Waals surface area contributed by atoms with Crippen molar-refractivity contribution in [1.29, 1.82) is 0 Å². The highest BCUT2D eigenvalue weighted by Gasteiger charge is 2.68. The molecule has 0 saturated carbocycles. The van der Waals surface area contributed by atoms with Gasteiger partial charge in [0.25, 0.3) is 0 Å². The lowest BCUT2D eigenvalue weighted by molar-refractivity contribution is -0.485. The van der Waals surface area contributed by atoms with Gasteiger partial charge in [-0.1, -0.05) is 90.5 Å². The van der Waals surface area contributed by atoms with Crippen LogP contribution < -0.4 is 0 Å². The maximum Gasteiger partial charge on any atom is 0.323 e. The maximum absolute atomic E-state index is 15.1. The van der Waals surface area contributed by atoms with Crippen LogP contribution in [0.15, 0.2) is 84.9 Å². The van der Waals surface area contributed by atoms with Crippen molar-refractivity contribution in [2.75, 3.05) is 34.4 Å². The van der Waals surface area contributed by atoms with E-state index >= 15 is 4.79 Å². The van der Waals surface area contributed by atoms with Gasteiger partial charge in [-0.05, 0) is 23.6 Å². The molecule has 11 nitrogen and oxygen atoms in total. The van der Waals surface area contributed by atoms with E-state index in [9.17, 15) is 24.5 Å². The molecule has 1 heterocycles. The third-order valence-corrected chi connectivity index (χ3v) is 8.33. The van der Waals surface area contributed by atoms with Gasteiger partial charge in [-0.25, -0.2) is 0 Å². The van der Waals surface area contributed by atoms with Gasteiger partial charge in [0.15, 0.2) is 11.3 Å². The molecule has 4 unspecified atom stereocenters. The summed E-state index contributed by atoms with van der Waals surface area (Å²) < 4.78 is 15.3. The molecule has 3 aromatic rings. The van der Waals surface area contributed by atoms with Gasteiger partial charge in [-0.3, -0.25) is 29.3 Å². The molecule has 1 amide bonds. The molecule has 0 aliphatic carbocycles. The monoisotopic (exact) mass is 602 g/mol. The molecule has 0 spiro atoms. The highest BCUT2D eigenvalue weighted by molar-refractivity contribution is 6.07. The molecule has 0 aromatic heterocycles. The van der Waals surface area contributed by atoms with E-state index in [-0.39, 0.29) is 6.54 Å². The van der Waals surface area contributed by atoms with Crippen LogP contribution in [0.4, 0.5) is 0 Å². The Kier molecular flexibility index (Phi) is 9.77. The van der Waals surface area contributed by atoms with Gasteiger partial charge in [0.05, 0.1) is 33.3 Å². The van der Waals surface area contributed by atoms with E-state index in [1.807, 2.05) is 6.92 Å². The fourth-order valence-corrected chi connectivity index (χ4v) is 6.31. The van der Waals surface area contributed by atoms with Gasteiger partial charge >= 0.3 is 17.9 Å². The van der Waals surface area contributed by atoms with Crippen molar-refractivity contribution >= 4 is 23.8 Å². The molecular weight excluding hydrogens is 568 g/mol. The first-order chi connectivity index (χ1) is 21.1. The summed E-state index contributed by atoms with van der Waals surface area (Å²) in [6.45, 7) is 0.901. The van der Waals surface area contributed by atoms with E-state index in [0.29, 0.717) is 16.7 Å². The lowest BCUT2D eigenvalue weighted by atomic mass is 9.63. The van der Waals surface area contributed by atoms with Crippen molar-refractivity contribution in [1.82, 2.24) is 4.90 Å². The molecule has 0 bridgehead atoms. The molecule has 1 aliphatic heterocycles. The Morgan fingerprint density at radius 3 is 1.91 bits per heavy atom. The summed E-state index contributed by atoms with van der Waals surface area (Å²) in [5, 5.41) is 12.2. The van der Waals surface area contributed by atoms with Crippen molar-refractivity contribution in [3.05, 3.63) is 117 Å². The molecule has 11 heteroatoms. The number of nitro groups is 1. The maximum atomic E-state index is 15.1. The van der Waals surface area contributed by atoms with Crippen LogP contribution in [0.5, 0.6) is 0 Å². The summed E-state index contributed by atoms with van der Waals surface area (Å²) in [6.07, 6.45) is 0. The first-order valence-electron chi connectivity index (χ1n) is 13.9. The molecule has 4 rings (SSSR count). The van der Waals surface area contributed by atoms with Gasteiger partial charge < -0.3 is 19.1 Å². The van der Waals surface area contributed by atoms with Crippen molar-refractivity contribution in [3.63, 3.8) is 0 Å². The van der Waals surface area contributed by atoms with Crippen LogP contribution in [-0.4, -0.2) is 68.1 Å². The molecule has 4 atom stereocenters. The number of nitrogens with zero attached hydrogens (tertiary/aromatic N) is 2. The van der Waals surface area contributed by atoms with Crippen molar-refractivity contribution in [2.24, 2.45) is 11.3 Å². The number of benzene rings is 3. The number of hydrogen-bond acceptors (Lipinski definition) is 9. The third kappa shape index (κ3) is 5.77. The fourth-order valence-electron chi connectivity index (χ4n) is 6.31. The first kappa shape index (κ1) is 31.9. The quantitative estimate of drug-likeness (QED) is 0.105. The second-order valence-corrected chi connectivity index (χ2v) is 10.6. The number of amides is 1. The van der Waals surface area contributed by atoms with E-state index in [2.05, 4.69) is 0 Å². The number of aryl methyl sites for hydroxylation is 1. The van der Waals surface area contributed by atoms with Gasteiger partial charge in [0.1, 0.15) is 0 Å². The van der Waals surface area contributed by atoms with Gasteiger partial charge in [-0.2, -0.15) is 0 Å². The molecule has 230 valence electrons. The summed E-state index contributed by atoms with van der Waals surface area (Å²) >= 11 is 0. The number of ether oxygens (including phenoxy) is 3. The molecular formula is C33H34N2O9. The lowest BCUT2D eigenvalue weighted by Crippen LogP contribution is -2.51. The van der Waals surface area contributed by atoms with Crippen LogP contribution in [0.25, 0.3) is 0 Å². The van der Waals surface area contributed by atoms with E-state index in [4.69, 9.17) is 14.2 Å². The zero-order chi connectivity index (χ0) is 32.0. The zero-order valence-electron chi connectivity index (χ0n) is 24.9. The van der Waals surface area contributed by atoms with Crippen molar-refractivity contribution in [2.45, 2.75) is 24.8 Å². The average Bonchev–Trinajstić information content (AvgIpc) is 3.35. The Morgan fingerprint density at radius 2 is 1.41 bits per heavy atom. The summed E-state index contributed by atoms with van der Waals surface area (Å²) in [5.41, 5.74) is 0.0665. The second-order valence-electron chi connectivity index (χ2n) is 10.6. The van der Waals surface area contributed by atoms with Gasteiger partial charge in [-0.15, -0.1) is 0 Å². The van der Waals surface area contributed by atoms with Crippen LogP contribution in [0.1, 0.15) is 40.1 Å². The predicted octanol–water partition coefficient (Wildman–Crippen LogP) is 3.84. The molecule has 1 saturated heterocycles. The summed E-state index contributed by atoms with van der Waals surface area (Å²) in [4.78, 5) is 68.6. The molecule has 1 fully saturated rings. The van der Waals surface area contributed by atoms with Crippen molar-refractivity contribution < 1.29 is 38.3 Å². The zero-order valence-corrected chi connectivity index (χ0v) is 24.9. The largest absolute Gasteiger partial charge is 0.468 e. The fraction of sp³-hybridized carbons (Fsp3) is 0.333. The Labute approximate surface area is 254 Å². The van der Waals surface area contributed by atoms with Crippen LogP contribution in [0, 0.1) is 28.4 Å². The minimum absolute atomic E-state index is 0.179. The Balaban J connectivity index is 2.06. The van der Waals surface area contributed by atoms with Crippen LogP contribution in [0.2, 0.25) is 0 Å². The molecule has 1 aliphatic rings. The number of carbonyl (C=O) groups excluding carboxylic acids is 4. The number of hydrogen-bond donors (Lipinski definition) is 0. The molecule has 44 heavy (non-hydrogen) atoms. The first-order valence-corrected chi connectivity index (χ1v) is 13.9. The smallest absolute Gasteiger partial charge is 0.323 e. The van der Waals surface area contributed by atoms with Crippen LogP contribution in [-0.2, 0) is 33.4 Å². The van der Waals surface area contributed by atoms with E-state index in [1.54, 1.807) is 84.9 Å². The normalized spacial score (nSPS) is 19.2. The lowest BCUT2D eigenvalue weighted by Gasteiger charge is -2.37. The highest BCUT2D eigenvalue weighted by atomic mass is 16.6. The summed E-state index contributed by atoms with van der Waals surface area (Å²) in [6, 6.07) is 22.6. The predicted molar refractivity (Wildman–Crippen MR) is 158 cm³/mol. The topological polar surface area (TPSA) is 142 Å². The second kappa shape index (κ2) is 13.5. The molecule has 0 radical (unpaired) electrons. The number of likely N-dealkylation sites (tertiary alicyclic amines) is 1. The van der Waals surface area contributed by atoms with Crippen LogP contribution in [0.3, 0.4) is 0 Å². The van der Waals surface area contributed by atoms with E-state index < -0.39 is 64.5 Å².